The van der Waals surface area contributed by atoms with Gasteiger partial charge >= 0.3 is 5.63 Å². The first-order chi connectivity index (χ1) is 9.16. The fourth-order valence-electron chi connectivity index (χ4n) is 2.05. The first kappa shape index (κ1) is 11.3. The van der Waals surface area contributed by atoms with Gasteiger partial charge in [0.15, 0.2) is 0 Å². The number of hydrogen-bond donors (Lipinski definition) is 2. The van der Waals surface area contributed by atoms with Gasteiger partial charge in [0.1, 0.15) is 22.6 Å². The molecule has 19 heavy (non-hydrogen) atoms. The van der Waals surface area contributed by atoms with Crippen LogP contribution < -0.4 is 5.63 Å². The van der Waals surface area contributed by atoms with Gasteiger partial charge in [0.05, 0.1) is 5.39 Å². The molecule has 0 atom stereocenters. The van der Waals surface area contributed by atoms with Gasteiger partial charge in [-0.25, -0.2) is 4.79 Å². The van der Waals surface area contributed by atoms with Crippen LogP contribution in [0, 0.1) is 0 Å². The minimum Gasteiger partial charge on any atom is -0.508 e. The smallest absolute Gasteiger partial charge is 0.347 e. The Morgan fingerprint density at radius 1 is 0.947 bits per heavy atom. The van der Waals surface area contributed by atoms with Crippen molar-refractivity contribution in [3.63, 3.8) is 0 Å². The summed E-state index contributed by atoms with van der Waals surface area (Å²) in [5, 5.41) is 20.1. The molecule has 4 nitrogen and oxygen atoms in total. The molecule has 0 amide bonds. The zero-order valence-electron chi connectivity index (χ0n) is 9.83. The summed E-state index contributed by atoms with van der Waals surface area (Å²) >= 11 is 0. The van der Waals surface area contributed by atoms with Crippen molar-refractivity contribution in [1.82, 2.24) is 0 Å². The topological polar surface area (TPSA) is 70.7 Å². The third-order valence-corrected chi connectivity index (χ3v) is 2.92. The molecule has 1 aromatic heterocycles. The number of rotatable bonds is 1. The maximum absolute atomic E-state index is 12.0. The zero-order chi connectivity index (χ0) is 13.4. The monoisotopic (exact) mass is 254 g/mol. The van der Waals surface area contributed by atoms with Crippen LogP contribution in [0.3, 0.4) is 0 Å². The normalized spacial score (nSPS) is 10.7. The maximum Gasteiger partial charge on any atom is 0.347 e. The summed E-state index contributed by atoms with van der Waals surface area (Å²) in [6.07, 6.45) is 0. The van der Waals surface area contributed by atoms with E-state index in [0.29, 0.717) is 16.5 Å². The molecule has 4 heteroatoms. The van der Waals surface area contributed by atoms with Gasteiger partial charge in [-0.1, -0.05) is 24.3 Å². The van der Waals surface area contributed by atoms with E-state index in [2.05, 4.69) is 0 Å². The summed E-state index contributed by atoms with van der Waals surface area (Å²) in [6, 6.07) is 12.9. The fourth-order valence-corrected chi connectivity index (χ4v) is 2.05. The first-order valence-electron chi connectivity index (χ1n) is 5.71. The average Bonchev–Trinajstić information content (AvgIpc) is 2.39. The van der Waals surface area contributed by atoms with E-state index < -0.39 is 5.63 Å². The van der Waals surface area contributed by atoms with E-state index in [0.717, 1.165) is 0 Å². The standard InChI is InChI=1S/C15H10O4/c16-10-5-3-4-9(8-10)13-14(17)11-6-1-2-7-12(11)19-15(13)18/h1-8,16-17H. The fraction of sp³-hybridized carbons (Fsp3) is 0. The van der Waals surface area contributed by atoms with Gasteiger partial charge in [-0.05, 0) is 29.8 Å². The third-order valence-electron chi connectivity index (χ3n) is 2.92. The molecule has 0 spiro atoms. The largest absolute Gasteiger partial charge is 0.508 e. The Balaban J connectivity index is 2.39. The summed E-state index contributed by atoms with van der Waals surface area (Å²) in [6.45, 7) is 0. The van der Waals surface area contributed by atoms with E-state index in [9.17, 15) is 15.0 Å². The molecule has 0 aliphatic heterocycles. The minimum atomic E-state index is -0.637. The number of para-hydroxylation sites is 1. The van der Waals surface area contributed by atoms with Gasteiger partial charge in [-0.3, -0.25) is 0 Å². The van der Waals surface area contributed by atoms with Gasteiger partial charge in [-0.15, -0.1) is 0 Å². The maximum atomic E-state index is 12.0. The Labute approximate surface area is 108 Å². The second-order valence-corrected chi connectivity index (χ2v) is 4.16. The average molecular weight is 254 g/mol. The molecule has 2 aromatic carbocycles. The number of phenolic OH excluding ortho intramolecular Hbond substituents is 1. The molecule has 0 saturated carbocycles. The Bertz CT molecular complexity index is 818. The Kier molecular flexibility index (Phi) is 2.49. The van der Waals surface area contributed by atoms with E-state index in [1.165, 1.54) is 12.1 Å². The second-order valence-electron chi connectivity index (χ2n) is 4.16. The van der Waals surface area contributed by atoms with Crippen LogP contribution in [0.4, 0.5) is 0 Å². The third kappa shape index (κ3) is 1.83. The zero-order valence-corrected chi connectivity index (χ0v) is 9.83. The van der Waals surface area contributed by atoms with Crippen molar-refractivity contribution in [2.24, 2.45) is 0 Å². The van der Waals surface area contributed by atoms with Gasteiger partial charge in [0.2, 0.25) is 0 Å². The van der Waals surface area contributed by atoms with Crippen molar-refractivity contribution in [2.75, 3.05) is 0 Å². The van der Waals surface area contributed by atoms with Crippen molar-refractivity contribution in [3.05, 3.63) is 59.0 Å². The molecule has 3 rings (SSSR count). The molecular weight excluding hydrogens is 244 g/mol. The lowest BCUT2D eigenvalue weighted by Gasteiger charge is -2.06. The van der Waals surface area contributed by atoms with Crippen LogP contribution in [0.15, 0.2) is 57.7 Å². The predicted molar refractivity (Wildman–Crippen MR) is 71.2 cm³/mol. The van der Waals surface area contributed by atoms with E-state index >= 15 is 0 Å². The summed E-state index contributed by atoms with van der Waals surface area (Å²) in [5.41, 5.74) is 0.155. The molecular formula is C15H10O4. The Morgan fingerprint density at radius 2 is 1.74 bits per heavy atom. The molecule has 1 heterocycles. The van der Waals surface area contributed by atoms with Crippen LogP contribution in [0.25, 0.3) is 22.1 Å². The minimum absolute atomic E-state index is 0.0180. The first-order valence-corrected chi connectivity index (χ1v) is 5.71. The highest BCUT2D eigenvalue weighted by Crippen LogP contribution is 2.33. The van der Waals surface area contributed by atoms with Crippen molar-refractivity contribution >= 4 is 11.0 Å². The van der Waals surface area contributed by atoms with Crippen molar-refractivity contribution in [3.8, 4) is 22.6 Å². The molecule has 0 radical (unpaired) electrons. The lowest BCUT2D eigenvalue weighted by molar-refractivity contribution is 0.470. The van der Waals surface area contributed by atoms with Crippen LogP contribution in [-0.2, 0) is 0 Å². The molecule has 2 N–H and O–H groups in total. The van der Waals surface area contributed by atoms with E-state index in [-0.39, 0.29) is 17.1 Å². The molecule has 0 bridgehead atoms. The van der Waals surface area contributed by atoms with Crippen LogP contribution in [-0.4, -0.2) is 10.2 Å². The second kappa shape index (κ2) is 4.17. The number of fused-ring (bicyclic) bond motifs is 1. The number of hydrogen-bond acceptors (Lipinski definition) is 4. The van der Waals surface area contributed by atoms with Crippen LogP contribution in [0.5, 0.6) is 11.5 Å². The highest BCUT2D eigenvalue weighted by molar-refractivity contribution is 5.90. The van der Waals surface area contributed by atoms with Gasteiger partial charge < -0.3 is 14.6 Å². The van der Waals surface area contributed by atoms with E-state index in [1.807, 2.05) is 0 Å². The highest BCUT2D eigenvalue weighted by Gasteiger charge is 2.15. The molecule has 0 aliphatic carbocycles. The molecule has 0 unspecified atom stereocenters. The molecule has 3 aromatic rings. The number of phenols is 1. The van der Waals surface area contributed by atoms with Gasteiger partial charge in [-0.2, -0.15) is 0 Å². The Morgan fingerprint density at radius 3 is 2.53 bits per heavy atom. The van der Waals surface area contributed by atoms with Crippen molar-refractivity contribution in [2.45, 2.75) is 0 Å². The highest BCUT2D eigenvalue weighted by atomic mass is 16.4. The summed E-state index contributed by atoms with van der Waals surface area (Å²) in [7, 11) is 0. The van der Waals surface area contributed by atoms with Gasteiger partial charge in [0, 0.05) is 0 Å². The molecule has 0 fully saturated rings. The predicted octanol–water partition coefficient (Wildman–Crippen LogP) is 2.87. The number of aromatic hydroxyl groups is 2. The SMILES string of the molecule is O=c1oc2ccccc2c(O)c1-c1cccc(O)c1. The quantitative estimate of drug-likeness (QED) is 0.655. The molecule has 94 valence electrons. The van der Waals surface area contributed by atoms with Crippen LogP contribution >= 0.6 is 0 Å². The molecule has 0 aliphatic rings. The Hall–Kier alpha value is -2.75. The summed E-state index contributed by atoms with van der Waals surface area (Å²) in [4.78, 5) is 12.0. The lowest BCUT2D eigenvalue weighted by Crippen LogP contribution is -2.03. The lowest BCUT2D eigenvalue weighted by atomic mass is 10.0. The van der Waals surface area contributed by atoms with Crippen LogP contribution in [0.2, 0.25) is 0 Å². The van der Waals surface area contributed by atoms with Crippen molar-refractivity contribution in [1.29, 1.82) is 0 Å². The van der Waals surface area contributed by atoms with Gasteiger partial charge in [0.25, 0.3) is 0 Å². The molecule has 0 saturated heterocycles. The number of benzene rings is 2. The van der Waals surface area contributed by atoms with Crippen LogP contribution in [0.1, 0.15) is 0 Å². The summed E-state index contributed by atoms with van der Waals surface area (Å²) < 4.78 is 5.17. The van der Waals surface area contributed by atoms with E-state index in [1.54, 1.807) is 36.4 Å². The van der Waals surface area contributed by atoms with Crippen molar-refractivity contribution < 1.29 is 14.6 Å². The summed E-state index contributed by atoms with van der Waals surface area (Å²) in [5.74, 6) is -0.123. The van der Waals surface area contributed by atoms with E-state index in [4.69, 9.17) is 4.42 Å².